The minimum absolute atomic E-state index is 0.178. The number of hydrogen-bond donors (Lipinski definition) is 3. The van der Waals surface area contributed by atoms with Crippen LogP contribution in [0.3, 0.4) is 0 Å². The Bertz CT molecular complexity index is 476. The molecule has 5 nitrogen and oxygen atoms in total. The molecule has 0 fully saturated rings. The molecule has 1 aromatic rings. The third-order valence-corrected chi connectivity index (χ3v) is 3.52. The number of thioether (sulfide) groups is 1. The smallest absolute Gasteiger partial charge is 0.337 e. The van der Waals surface area contributed by atoms with Crippen LogP contribution in [-0.4, -0.2) is 40.0 Å². The van der Waals surface area contributed by atoms with Gasteiger partial charge in [0.15, 0.2) is 5.60 Å². The number of rotatable bonds is 7. The molecule has 0 heterocycles. The lowest BCUT2D eigenvalue weighted by atomic mass is 10.1. The van der Waals surface area contributed by atoms with Gasteiger partial charge < -0.3 is 15.5 Å². The Morgan fingerprint density at radius 2 is 1.95 bits per heavy atom. The maximum Gasteiger partial charge on any atom is 0.337 e. The predicted octanol–water partition coefficient (Wildman–Crippen LogP) is 1.26. The highest BCUT2D eigenvalue weighted by molar-refractivity contribution is 7.99. The number of hydrogen-bond acceptors (Lipinski definition) is 4. The van der Waals surface area contributed by atoms with Gasteiger partial charge in [-0.25, -0.2) is 9.18 Å². The summed E-state index contributed by atoms with van der Waals surface area (Å²) in [5.74, 6) is -1.57. The van der Waals surface area contributed by atoms with Crippen molar-refractivity contribution >= 4 is 23.6 Å². The molecule has 7 heteroatoms. The number of aliphatic hydroxyl groups is 1. The molecule has 0 aromatic heterocycles. The fourth-order valence-corrected chi connectivity index (χ4v) is 2.08. The standard InChI is InChI=1S/C13H16FNO4S/c1-13(19,12(17)18)8-15-11(16)6-7-20-10-4-2-9(14)3-5-10/h2-5,19H,6-8H2,1H3,(H,15,16)(H,17,18). The van der Waals surface area contributed by atoms with Gasteiger partial charge in [-0.05, 0) is 31.2 Å². The molecule has 1 amide bonds. The van der Waals surface area contributed by atoms with Gasteiger partial charge >= 0.3 is 5.97 Å². The second kappa shape index (κ2) is 7.25. The first kappa shape index (κ1) is 16.5. The van der Waals surface area contributed by atoms with Gasteiger partial charge in [-0.1, -0.05) is 0 Å². The summed E-state index contributed by atoms with van der Waals surface area (Å²) < 4.78 is 12.7. The summed E-state index contributed by atoms with van der Waals surface area (Å²) in [6.07, 6.45) is 0.178. The van der Waals surface area contributed by atoms with E-state index in [1.807, 2.05) is 0 Å². The van der Waals surface area contributed by atoms with Gasteiger partial charge in [-0.2, -0.15) is 0 Å². The van der Waals surface area contributed by atoms with Gasteiger partial charge in [0.25, 0.3) is 0 Å². The topological polar surface area (TPSA) is 86.6 Å². The largest absolute Gasteiger partial charge is 0.479 e. The van der Waals surface area contributed by atoms with Crippen LogP contribution in [0.15, 0.2) is 29.2 Å². The molecule has 110 valence electrons. The number of aliphatic carboxylic acids is 1. The van der Waals surface area contributed by atoms with Gasteiger partial charge in [0, 0.05) is 17.1 Å². The van der Waals surface area contributed by atoms with E-state index in [-0.39, 0.29) is 24.7 Å². The highest BCUT2D eigenvalue weighted by atomic mass is 32.2. The Labute approximate surface area is 120 Å². The number of carbonyl (C=O) groups excluding carboxylic acids is 1. The molecular formula is C13H16FNO4S. The lowest BCUT2D eigenvalue weighted by Gasteiger charge is -2.18. The van der Waals surface area contributed by atoms with Crippen LogP contribution < -0.4 is 5.32 Å². The highest BCUT2D eigenvalue weighted by Gasteiger charge is 2.30. The maximum atomic E-state index is 12.7. The lowest BCUT2D eigenvalue weighted by molar-refractivity contribution is -0.156. The number of benzene rings is 1. The average molecular weight is 301 g/mol. The van der Waals surface area contributed by atoms with E-state index in [1.54, 1.807) is 12.1 Å². The fourth-order valence-electron chi connectivity index (χ4n) is 1.23. The SMILES string of the molecule is CC(O)(CNC(=O)CCSc1ccc(F)cc1)C(=O)O. The number of halogens is 1. The maximum absolute atomic E-state index is 12.7. The van der Waals surface area contributed by atoms with Crippen molar-refractivity contribution in [2.75, 3.05) is 12.3 Å². The zero-order chi connectivity index (χ0) is 15.2. The summed E-state index contributed by atoms with van der Waals surface area (Å²) in [6, 6.07) is 5.92. The normalized spacial score (nSPS) is 13.6. The summed E-state index contributed by atoms with van der Waals surface area (Å²) in [7, 11) is 0. The molecule has 0 aliphatic rings. The Morgan fingerprint density at radius 1 is 1.35 bits per heavy atom. The van der Waals surface area contributed by atoms with E-state index in [9.17, 15) is 19.1 Å². The van der Waals surface area contributed by atoms with Crippen LogP contribution >= 0.6 is 11.8 Å². The first-order valence-corrected chi connectivity index (χ1v) is 6.90. The number of nitrogens with one attached hydrogen (secondary N) is 1. The van der Waals surface area contributed by atoms with Crippen LogP contribution in [0, 0.1) is 5.82 Å². The van der Waals surface area contributed by atoms with Crippen molar-refractivity contribution in [1.29, 1.82) is 0 Å². The molecule has 3 N–H and O–H groups in total. The zero-order valence-corrected chi connectivity index (χ0v) is 11.7. The summed E-state index contributed by atoms with van der Waals surface area (Å²) in [5.41, 5.74) is -1.97. The van der Waals surface area contributed by atoms with Gasteiger partial charge in [0.1, 0.15) is 5.82 Å². The number of carboxylic acid groups (broad SMARTS) is 1. The van der Waals surface area contributed by atoms with E-state index in [0.29, 0.717) is 5.75 Å². The molecule has 0 saturated heterocycles. The average Bonchev–Trinajstić information content (AvgIpc) is 2.39. The molecule has 1 aromatic carbocycles. The molecule has 20 heavy (non-hydrogen) atoms. The van der Waals surface area contributed by atoms with Crippen molar-refractivity contribution in [1.82, 2.24) is 5.32 Å². The third-order valence-electron chi connectivity index (χ3n) is 2.50. The van der Waals surface area contributed by atoms with E-state index < -0.39 is 11.6 Å². The van der Waals surface area contributed by atoms with Gasteiger partial charge in [-0.3, -0.25) is 4.79 Å². The molecule has 1 rings (SSSR count). The van der Waals surface area contributed by atoms with E-state index >= 15 is 0 Å². The highest BCUT2D eigenvalue weighted by Crippen LogP contribution is 2.18. The minimum atomic E-state index is -1.97. The Hall–Kier alpha value is -1.60. The quantitative estimate of drug-likeness (QED) is 0.660. The number of amides is 1. The summed E-state index contributed by atoms with van der Waals surface area (Å²) in [5, 5.41) is 20.4. The number of carboxylic acids is 1. The molecule has 0 aliphatic heterocycles. The second-order valence-electron chi connectivity index (χ2n) is 4.41. The predicted molar refractivity (Wildman–Crippen MR) is 73.0 cm³/mol. The van der Waals surface area contributed by atoms with E-state index in [1.165, 1.54) is 23.9 Å². The number of carbonyl (C=O) groups is 2. The van der Waals surface area contributed by atoms with Crippen LogP contribution in [0.1, 0.15) is 13.3 Å². The van der Waals surface area contributed by atoms with Crippen molar-refractivity contribution in [3.63, 3.8) is 0 Å². The van der Waals surface area contributed by atoms with E-state index in [0.717, 1.165) is 11.8 Å². The molecule has 0 radical (unpaired) electrons. The first-order chi connectivity index (χ1) is 9.31. The fraction of sp³-hybridized carbons (Fsp3) is 0.385. The molecule has 1 atom stereocenters. The molecule has 0 spiro atoms. The summed E-state index contributed by atoms with van der Waals surface area (Å²) in [6.45, 7) is 0.769. The van der Waals surface area contributed by atoms with Gasteiger partial charge in [-0.15, -0.1) is 11.8 Å². The molecule has 0 bridgehead atoms. The van der Waals surface area contributed by atoms with E-state index in [2.05, 4.69) is 5.32 Å². The van der Waals surface area contributed by atoms with Crippen LogP contribution in [0.4, 0.5) is 4.39 Å². The summed E-state index contributed by atoms with van der Waals surface area (Å²) in [4.78, 5) is 22.9. The van der Waals surface area contributed by atoms with Crippen molar-refractivity contribution in [2.45, 2.75) is 23.8 Å². The van der Waals surface area contributed by atoms with Crippen LogP contribution in [0.5, 0.6) is 0 Å². The van der Waals surface area contributed by atoms with Crippen molar-refractivity contribution in [3.05, 3.63) is 30.1 Å². The second-order valence-corrected chi connectivity index (χ2v) is 5.58. The van der Waals surface area contributed by atoms with Gasteiger partial charge in [0.05, 0.1) is 6.54 Å². The molecule has 0 saturated carbocycles. The Kier molecular flexibility index (Phi) is 5.97. The van der Waals surface area contributed by atoms with Crippen LogP contribution in [0.2, 0.25) is 0 Å². The van der Waals surface area contributed by atoms with E-state index in [4.69, 9.17) is 5.11 Å². The summed E-state index contributed by atoms with van der Waals surface area (Å²) >= 11 is 1.39. The Morgan fingerprint density at radius 3 is 2.50 bits per heavy atom. The van der Waals surface area contributed by atoms with Gasteiger partial charge in [0.2, 0.25) is 5.91 Å². The monoisotopic (exact) mass is 301 g/mol. The lowest BCUT2D eigenvalue weighted by Crippen LogP contribution is -2.46. The van der Waals surface area contributed by atoms with Crippen molar-refractivity contribution in [3.8, 4) is 0 Å². The molecule has 0 aliphatic carbocycles. The van der Waals surface area contributed by atoms with Crippen LogP contribution in [0.25, 0.3) is 0 Å². The molecular weight excluding hydrogens is 285 g/mol. The minimum Gasteiger partial charge on any atom is -0.479 e. The Balaban J connectivity index is 2.27. The van der Waals surface area contributed by atoms with Crippen molar-refractivity contribution in [2.24, 2.45) is 0 Å². The zero-order valence-electron chi connectivity index (χ0n) is 10.9. The molecule has 1 unspecified atom stereocenters. The van der Waals surface area contributed by atoms with Crippen molar-refractivity contribution < 1.29 is 24.2 Å². The third kappa shape index (κ3) is 5.58. The van der Waals surface area contributed by atoms with Crippen LogP contribution in [-0.2, 0) is 9.59 Å². The first-order valence-electron chi connectivity index (χ1n) is 5.92.